The Bertz CT molecular complexity index is 574. The number of hydrogen-bond acceptors (Lipinski definition) is 3. The summed E-state index contributed by atoms with van der Waals surface area (Å²) in [6.07, 6.45) is 5.68. The fraction of sp³-hybridized carbons (Fsp3) is 0.444. The van der Waals surface area contributed by atoms with Crippen molar-refractivity contribution in [3.8, 4) is 0 Å². The van der Waals surface area contributed by atoms with Crippen LogP contribution in [0.15, 0.2) is 47.8 Å². The van der Waals surface area contributed by atoms with Gasteiger partial charge >= 0.3 is 0 Å². The Kier molecular flexibility index (Phi) is 3.91. The number of para-hydroxylation sites is 1. The Hall–Kier alpha value is -1.90. The van der Waals surface area contributed by atoms with Crippen LogP contribution in [-0.4, -0.2) is 19.6 Å². The Balaban J connectivity index is 1.86. The SMILES string of the molecule is C=C(N)C1=C(NC)C[C@@H](N2CCCc3ccccc32)CC1. The molecule has 0 fully saturated rings. The second kappa shape index (κ2) is 5.84. The molecule has 21 heavy (non-hydrogen) atoms. The zero-order chi connectivity index (χ0) is 14.8. The van der Waals surface area contributed by atoms with Gasteiger partial charge in [0.1, 0.15) is 0 Å². The third-order valence-electron chi connectivity index (χ3n) is 4.81. The molecule has 0 unspecified atom stereocenters. The number of aryl methyl sites for hydroxylation is 1. The summed E-state index contributed by atoms with van der Waals surface area (Å²) in [6, 6.07) is 9.42. The van der Waals surface area contributed by atoms with E-state index in [1.54, 1.807) is 0 Å². The van der Waals surface area contributed by atoms with Gasteiger partial charge in [0.15, 0.2) is 0 Å². The molecule has 0 amide bonds. The van der Waals surface area contributed by atoms with Crippen LogP contribution in [0.3, 0.4) is 0 Å². The van der Waals surface area contributed by atoms with E-state index in [0.29, 0.717) is 6.04 Å². The van der Waals surface area contributed by atoms with E-state index >= 15 is 0 Å². The van der Waals surface area contributed by atoms with Gasteiger partial charge in [0.2, 0.25) is 0 Å². The molecule has 1 aromatic rings. The normalized spacial score (nSPS) is 22.0. The molecule has 3 N–H and O–H groups in total. The number of rotatable bonds is 3. The molecule has 0 saturated carbocycles. The molecular weight excluding hydrogens is 258 g/mol. The summed E-state index contributed by atoms with van der Waals surface area (Å²) in [5.74, 6) is 0. The highest BCUT2D eigenvalue weighted by molar-refractivity contribution is 5.56. The van der Waals surface area contributed by atoms with E-state index in [1.807, 2.05) is 7.05 Å². The molecule has 0 aromatic heterocycles. The van der Waals surface area contributed by atoms with Crippen molar-refractivity contribution in [1.29, 1.82) is 0 Å². The lowest BCUT2D eigenvalue weighted by atomic mass is 9.88. The van der Waals surface area contributed by atoms with Crippen molar-refractivity contribution in [2.45, 2.75) is 38.1 Å². The van der Waals surface area contributed by atoms with Crippen LogP contribution in [0.25, 0.3) is 0 Å². The van der Waals surface area contributed by atoms with Gasteiger partial charge in [0, 0.05) is 43.1 Å². The van der Waals surface area contributed by atoms with E-state index in [0.717, 1.165) is 31.5 Å². The van der Waals surface area contributed by atoms with E-state index in [9.17, 15) is 0 Å². The van der Waals surface area contributed by atoms with Gasteiger partial charge in [0.05, 0.1) is 0 Å². The van der Waals surface area contributed by atoms with Crippen LogP contribution in [0.5, 0.6) is 0 Å². The van der Waals surface area contributed by atoms with Gasteiger partial charge in [-0.05, 0) is 42.9 Å². The number of nitrogens with two attached hydrogens (primary N) is 1. The summed E-state index contributed by atoms with van der Waals surface area (Å²) >= 11 is 0. The second-order valence-corrected chi connectivity index (χ2v) is 6.05. The minimum atomic E-state index is 0.567. The van der Waals surface area contributed by atoms with Gasteiger partial charge in [-0.25, -0.2) is 0 Å². The Labute approximate surface area is 127 Å². The molecule has 112 valence electrons. The molecule has 3 nitrogen and oxygen atoms in total. The molecular formula is C18H25N3. The smallest absolute Gasteiger partial charge is 0.0401 e. The van der Waals surface area contributed by atoms with Crippen LogP contribution in [-0.2, 0) is 6.42 Å². The molecule has 0 bridgehead atoms. The highest BCUT2D eigenvalue weighted by atomic mass is 15.2. The predicted octanol–water partition coefficient (Wildman–Crippen LogP) is 2.94. The maximum atomic E-state index is 5.93. The van der Waals surface area contributed by atoms with Crippen molar-refractivity contribution in [3.05, 3.63) is 53.4 Å². The summed E-state index contributed by atoms with van der Waals surface area (Å²) in [5.41, 5.74) is 12.1. The fourth-order valence-electron chi connectivity index (χ4n) is 3.74. The monoisotopic (exact) mass is 283 g/mol. The van der Waals surface area contributed by atoms with Crippen molar-refractivity contribution in [3.63, 3.8) is 0 Å². The van der Waals surface area contributed by atoms with Gasteiger partial charge < -0.3 is 16.0 Å². The van der Waals surface area contributed by atoms with Crippen LogP contribution in [0.4, 0.5) is 5.69 Å². The molecule has 2 aliphatic rings. The maximum Gasteiger partial charge on any atom is 0.0401 e. The first kappa shape index (κ1) is 14.1. The van der Waals surface area contributed by atoms with Crippen molar-refractivity contribution < 1.29 is 0 Å². The minimum absolute atomic E-state index is 0.567. The quantitative estimate of drug-likeness (QED) is 0.896. The predicted molar refractivity (Wildman–Crippen MR) is 89.2 cm³/mol. The zero-order valence-corrected chi connectivity index (χ0v) is 12.9. The molecule has 1 atom stereocenters. The summed E-state index contributed by atoms with van der Waals surface area (Å²) in [5, 5.41) is 3.34. The van der Waals surface area contributed by atoms with Crippen molar-refractivity contribution >= 4 is 5.69 Å². The zero-order valence-electron chi connectivity index (χ0n) is 12.9. The van der Waals surface area contributed by atoms with Crippen molar-refractivity contribution in [2.75, 3.05) is 18.5 Å². The van der Waals surface area contributed by atoms with E-state index in [1.165, 1.54) is 35.4 Å². The number of benzene rings is 1. The van der Waals surface area contributed by atoms with E-state index in [4.69, 9.17) is 5.73 Å². The molecule has 1 aromatic carbocycles. The van der Waals surface area contributed by atoms with Crippen LogP contribution in [0, 0.1) is 0 Å². The van der Waals surface area contributed by atoms with Gasteiger partial charge in [-0.2, -0.15) is 0 Å². The standard InChI is InChI=1S/C18H25N3/c1-13(19)16-10-9-15(12-17(16)20-2)21-11-5-7-14-6-3-4-8-18(14)21/h3-4,6,8,15,20H,1,5,7,9-12,19H2,2H3/t15-/m0/s1. The van der Waals surface area contributed by atoms with E-state index in [2.05, 4.69) is 41.1 Å². The van der Waals surface area contributed by atoms with Crippen LogP contribution < -0.4 is 16.0 Å². The Morgan fingerprint density at radius 2 is 2.14 bits per heavy atom. The molecule has 0 saturated heterocycles. The van der Waals surface area contributed by atoms with Gasteiger partial charge in [0.25, 0.3) is 0 Å². The summed E-state index contributed by atoms with van der Waals surface area (Å²) in [4.78, 5) is 2.60. The number of hydrogen-bond donors (Lipinski definition) is 2. The van der Waals surface area contributed by atoms with Gasteiger partial charge in [-0.15, -0.1) is 0 Å². The lowest BCUT2D eigenvalue weighted by molar-refractivity contribution is 0.490. The minimum Gasteiger partial charge on any atom is -0.399 e. The number of nitrogens with one attached hydrogen (secondary N) is 1. The first-order valence-electron chi connectivity index (χ1n) is 7.89. The highest BCUT2D eigenvalue weighted by Gasteiger charge is 2.28. The van der Waals surface area contributed by atoms with E-state index in [-0.39, 0.29) is 0 Å². The topological polar surface area (TPSA) is 41.3 Å². The summed E-state index contributed by atoms with van der Waals surface area (Å²) < 4.78 is 0. The van der Waals surface area contributed by atoms with Crippen LogP contribution in [0.1, 0.15) is 31.2 Å². The molecule has 1 aliphatic carbocycles. The second-order valence-electron chi connectivity index (χ2n) is 6.05. The average molecular weight is 283 g/mol. The lowest BCUT2D eigenvalue weighted by Crippen LogP contribution is -2.42. The third-order valence-corrected chi connectivity index (χ3v) is 4.81. The number of anilines is 1. The summed E-state index contributed by atoms with van der Waals surface area (Å²) in [6.45, 7) is 5.08. The van der Waals surface area contributed by atoms with Crippen LogP contribution in [0.2, 0.25) is 0 Å². The molecule has 1 heterocycles. The first-order valence-corrected chi connectivity index (χ1v) is 7.89. The largest absolute Gasteiger partial charge is 0.399 e. The molecule has 3 rings (SSSR count). The maximum absolute atomic E-state index is 5.93. The Morgan fingerprint density at radius 1 is 1.33 bits per heavy atom. The average Bonchev–Trinajstić information content (AvgIpc) is 2.53. The van der Waals surface area contributed by atoms with Gasteiger partial charge in [-0.3, -0.25) is 0 Å². The molecule has 3 heteroatoms. The van der Waals surface area contributed by atoms with Gasteiger partial charge in [-0.1, -0.05) is 24.8 Å². The lowest BCUT2D eigenvalue weighted by Gasteiger charge is -2.41. The molecule has 0 radical (unpaired) electrons. The third kappa shape index (κ3) is 2.65. The highest BCUT2D eigenvalue weighted by Crippen LogP contribution is 2.35. The van der Waals surface area contributed by atoms with Crippen LogP contribution >= 0.6 is 0 Å². The van der Waals surface area contributed by atoms with Crippen molar-refractivity contribution in [2.24, 2.45) is 5.73 Å². The summed E-state index contributed by atoms with van der Waals surface area (Å²) in [7, 11) is 1.99. The number of fused-ring (bicyclic) bond motifs is 1. The fourth-order valence-corrected chi connectivity index (χ4v) is 3.74. The number of nitrogens with zero attached hydrogens (tertiary/aromatic N) is 1. The van der Waals surface area contributed by atoms with Crippen molar-refractivity contribution in [1.82, 2.24) is 5.32 Å². The van der Waals surface area contributed by atoms with E-state index < -0.39 is 0 Å². The first-order chi connectivity index (χ1) is 10.2. The molecule has 0 spiro atoms. The number of allylic oxidation sites excluding steroid dienone is 1. The molecule has 1 aliphatic heterocycles. The Morgan fingerprint density at radius 3 is 2.90 bits per heavy atom.